The van der Waals surface area contributed by atoms with E-state index in [2.05, 4.69) is 5.32 Å². The Bertz CT molecular complexity index is 780. The summed E-state index contributed by atoms with van der Waals surface area (Å²) in [5.74, 6) is 0.677. The zero-order valence-corrected chi connectivity index (χ0v) is 16.3. The number of hydrogen-bond donors (Lipinski definition) is 1. The van der Waals surface area contributed by atoms with E-state index in [4.69, 9.17) is 9.47 Å². The fourth-order valence-corrected chi connectivity index (χ4v) is 2.74. The zero-order valence-electron chi connectivity index (χ0n) is 16.3. The first kappa shape index (κ1) is 20.7. The number of rotatable bonds is 9. The molecule has 0 spiro atoms. The summed E-state index contributed by atoms with van der Waals surface area (Å²) in [6, 6.07) is 10.5. The lowest BCUT2D eigenvalue weighted by Gasteiger charge is -2.21. The van der Waals surface area contributed by atoms with Crippen LogP contribution in [0.1, 0.15) is 25.0 Å². The Morgan fingerprint density at radius 3 is 2.56 bits per heavy atom. The second-order valence-electron chi connectivity index (χ2n) is 6.25. The number of anilines is 1. The van der Waals surface area contributed by atoms with Crippen molar-refractivity contribution in [1.29, 1.82) is 0 Å². The van der Waals surface area contributed by atoms with Crippen LogP contribution < -0.4 is 14.8 Å². The van der Waals surface area contributed by atoms with Crippen molar-refractivity contribution in [2.75, 3.05) is 32.1 Å². The third-order valence-electron chi connectivity index (χ3n) is 4.15. The predicted molar refractivity (Wildman–Crippen MR) is 105 cm³/mol. The molecule has 0 aliphatic carbocycles. The van der Waals surface area contributed by atoms with E-state index in [0.29, 0.717) is 31.2 Å². The normalized spacial score (nSPS) is 10.7. The molecule has 0 radical (unpaired) electrons. The zero-order chi connectivity index (χ0) is 19.8. The van der Waals surface area contributed by atoms with Gasteiger partial charge in [0.1, 0.15) is 5.82 Å². The quantitative estimate of drug-likeness (QED) is 0.721. The summed E-state index contributed by atoms with van der Waals surface area (Å²) in [7, 11) is 1.60. The average Bonchev–Trinajstić information content (AvgIpc) is 2.64. The predicted octanol–water partition coefficient (Wildman–Crippen LogP) is 4.00. The molecule has 0 aliphatic rings. The maximum atomic E-state index is 13.9. The fourth-order valence-electron chi connectivity index (χ4n) is 2.74. The highest BCUT2D eigenvalue weighted by Crippen LogP contribution is 2.28. The Balaban J connectivity index is 2.01. The van der Waals surface area contributed by atoms with Gasteiger partial charge < -0.3 is 14.8 Å². The second kappa shape index (κ2) is 9.92. The van der Waals surface area contributed by atoms with Gasteiger partial charge in [0.2, 0.25) is 5.91 Å². The van der Waals surface area contributed by atoms with Gasteiger partial charge in [-0.3, -0.25) is 9.69 Å². The van der Waals surface area contributed by atoms with E-state index in [0.717, 1.165) is 11.1 Å². The van der Waals surface area contributed by atoms with Crippen LogP contribution in [0.2, 0.25) is 0 Å². The molecule has 0 saturated carbocycles. The summed E-state index contributed by atoms with van der Waals surface area (Å²) in [4.78, 5) is 14.3. The lowest BCUT2D eigenvalue weighted by Crippen LogP contribution is -2.33. The van der Waals surface area contributed by atoms with E-state index in [1.807, 2.05) is 36.9 Å². The number of benzene rings is 2. The summed E-state index contributed by atoms with van der Waals surface area (Å²) >= 11 is 0. The molecule has 146 valence electrons. The molecule has 2 rings (SSSR count). The minimum absolute atomic E-state index is 0.166. The highest BCUT2D eigenvalue weighted by Gasteiger charge is 2.13. The number of aryl methyl sites for hydroxylation is 1. The first-order chi connectivity index (χ1) is 13.0. The van der Waals surface area contributed by atoms with Gasteiger partial charge >= 0.3 is 0 Å². The molecule has 0 aliphatic heterocycles. The van der Waals surface area contributed by atoms with Crippen LogP contribution in [0.15, 0.2) is 36.4 Å². The molecular formula is C21H27FN2O3. The van der Waals surface area contributed by atoms with Gasteiger partial charge in [0.15, 0.2) is 11.5 Å². The SMILES string of the molecule is CCOc1ccc(CN(CC)CC(=O)Nc2ccc(C)cc2F)cc1OC. The number of carbonyl (C=O) groups excluding carboxylic acids is 1. The van der Waals surface area contributed by atoms with Gasteiger partial charge in [-0.15, -0.1) is 0 Å². The molecule has 2 aromatic carbocycles. The van der Waals surface area contributed by atoms with Crippen molar-refractivity contribution in [3.05, 3.63) is 53.3 Å². The monoisotopic (exact) mass is 374 g/mol. The van der Waals surface area contributed by atoms with Crippen LogP contribution in [0.25, 0.3) is 0 Å². The highest BCUT2D eigenvalue weighted by atomic mass is 19.1. The largest absolute Gasteiger partial charge is 0.493 e. The van der Waals surface area contributed by atoms with Crippen LogP contribution in [0.4, 0.5) is 10.1 Å². The summed E-state index contributed by atoms with van der Waals surface area (Å²) in [5.41, 5.74) is 2.01. The smallest absolute Gasteiger partial charge is 0.238 e. The summed E-state index contributed by atoms with van der Waals surface area (Å²) in [6.45, 7) is 7.68. The molecule has 0 saturated heterocycles. The minimum Gasteiger partial charge on any atom is -0.493 e. The van der Waals surface area contributed by atoms with Crippen molar-refractivity contribution in [3.63, 3.8) is 0 Å². The van der Waals surface area contributed by atoms with E-state index in [9.17, 15) is 9.18 Å². The number of carbonyl (C=O) groups is 1. The molecule has 0 bridgehead atoms. The van der Waals surface area contributed by atoms with Gasteiger partial charge in [-0.05, 0) is 55.8 Å². The molecule has 27 heavy (non-hydrogen) atoms. The molecular weight excluding hydrogens is 347 g/mol. The van der Waals surface area contributed by atoms with Crippen LogP contribution in [0, 0.1) is 12.7 Å². The molecule has 1 N–H and O–H groups in total. The van der Waals surface area contributed by atoms with Crippen molar-refractivity contribution in [2.45, 2.75) is 27.3 Å². The summed E-state index contributed by atoms with van der Waals surface area (Å²) in [5, 5.41) is 2.64. The molecule has 0 fully saturated rings. The first-order valence-electron chi connectivity index (χ1n) is 9.04. The van der Waals surface area contributed by atoms with Crippen LogP contribution in [0.3, 0.4) is 0 Å². The Hall–Kier alpha value is -2.60. The van der Waals surface area contributed by atoms with Gasteiger partial charge in [0, 0.05) is 6.54 Å². The number of ether oxygens (including phenoxy) is 2. The van der Waals surface area contributed by atoms with Gasteiger partial charge in [-0.25, -0.2) is 4.39 Å². The Labute approximate surface area is 160 Å². The average molecular weight is 374 g/mol. The topological polar surface area (TPSA) is 50.8 Å². The first-order valence-corrected chi connectivity index (χ1v) is 9.04. The summed E-state index contributed by atoms with van der Waals surface area (Å²) < 4.78 is 24.8. The van der Waals surface area contributed by atoms with E-state index in [1.54, 1.807) is 26.2 Å². The van der Waals surface area contributed by atoms with Crippen LogP contribution in [-0.4, -0.2) is 37.6 Å². The number of nitrogens with zero attached hydrogens (tertiary/aromatic N) is 1. The van der Waals surface area contributed by atoms with Gasteiger partial charge in [0.05, 0.1) is 25.9 Å². The lowest BCUT2D eigenvalue weighted by atomic mass is 10.2. The third-order valence-corrected chi connectivity index (χ3v) is 4.15. The van der Waals surface area contributed by atoms with Crippen molar-refractivity contribution in [3.8, 4) is 11.5 Å². The number of halogens is 1. The molecule has 2 aromatic rings. The Morgan fingerprint density at radius 2 is 1.93 bits per heavy atom. The van der Waals surface area contributed by atoms with Gasteiger partial charge in [-0.2, -0.15) is 0 Å². The number of likely N-dealkylation sites (N-methyl/N-ethyl adjacent to an activating group) is 1. The maximum Gasteiger partial charge on any atom is 0.238 e. The molecule has 6 heteroatoms. The summed E-state index contributed by atoms with van der Waals surface area (Å²) in [6.07, 6.45) is 0. The van der Waals surface area contributed by atoms with Crippen molar-refractivity contribution >= 4 is 11.6 Å². The number of nitrogens with one attached hydrogen (secondary N) is 1. The van der Waals surface area contributed by atoms with E-state index in [-0.39, 0.29) is 18.1 Å². The lowest BCUT2D eigenvalue weighted by molar-refractivity contribution is -0.117. The molecule has 0 unspecified atom stereocenters. The van der Waals surface area contributed by atoms with Crippen molar-refractivity contribution < 1.29 is 18.7 Å². The molecule has 0 atom stereocenters. The maximum absolute atomic E-state index is 13.9. The molecule has 0 aromatic heterocycles. The van der Waals surface area contributed by atoms with Gasteiger partial charge in [0.25, 0.3) is 0 Å². The number of hydrogen-bond acceptors (Lipinski definition) is 4. The Kier molecular flexibility index (Phi) is 7.61. The fraction of sp³-hybridized carbons (Fsp3) is 0.381. The molecule has 5 nitrogen and oxygen atoms in total. The molecule has 0 heterocycles. The van der Waals surface area contributed by atoms with Crippen molar-refractivity contribution in [2.24, 2.45) is 0 Å². The van der Waals surface area contributed by atoms with E-state index >= 15 is 0 Å². The van der Waals surface area contributed by atoms with Crippen LogP contribution in [-0.2, 0) is 11.3 Å². The van der Waals surface area contributed by atoms with E-state index < -0.39 is 5.82 Å². The van der Waals surface area contributed by atoms with Crippen molar-refractivity contribution in [1.82, 2.24) is 4.90 Å². The standard InChI is InChI=1S/C21H27FN2O3/c1-5-24(13-16-8-10-19(27-6-2)20(12-16)26-4)14-21(25)23-18-9-7-15(3)11-17(18)22/h7-12H,5-6,13-14H2,1-4H3,(H,23,25). The van der Waals surface area contributed by atoms with Crippen LogP contribution >= 0.6 is 0 Å². The third kappa shape index (κ3) is 5.96. The number of amides is 1. The highest BCUT2D eigenvalue weighted by molar-refractivity contribution is 5.92. The van der Waals surface area contributed by atoms with E-state index in [1.165, 1.54) is 6.07 Å². The Morgan fingerprint density at radius 1 is 1.15 bits per heavy atom. The molecule has 1 amide bonds. The minimum atomic E-state index is -0.428. The van der Waals surface area contributed by atoms with Gasteiger partial charge in [-0.1, -0.05) is 19.1 Å². The van der Waals surface area contributed by atoms with Crippen LogP contribution in [0.5, 0.6) is 11.5 Å². The number of methoxy groups -OCH3 is 1. The second-order valence-corrected chi connectivity index (χ2v) is 6.25.